The molecule has 0 unspecified atom stereocenters. The normalized spacial score (nSPS) is 11.9. The molecule has 1 aromatic carbocycles. The Hall–Kier alpha value is -2.30. The third kappa shape index (κ3) is 1.63. The van der Waals surface area contributed by atoms with Crippen LogP contribution in [0.2, 0.25) is 0 Å². The smallest absolute Gasteiger partial charge is 0.345 e. The molecule has 0 spiro atoms. The van der Waals surface area contributed by atoms with E-state index in [1.165, 1.54) is 19.1 Å². The average Bonchev–Trinajstić information content (AvgIpc) is 2.27. The number of benzene rings is 1. The number of fused-ring (bicyclic) bond motifs is 1. The first kappa shape index (κ1) is 10.2. The van der Waals surface area contributed by atoms with E-state index in [-0.39, 0.29) is 17.0 Å². The van der Waals surface area contributed by atoms with Gasteiger partial charge < -0.3 is 14.7 Å². The third-order valence-corrected chi connectivity index (χ3v) is 2.26. The monoisotopic (exact) mass is 219 g/mol. The Kier molecular flexibility index (Phi) is 2.36. The van der Waals surface area contributed by atoms with Crippen LogP contribution >= 0.6 is 0 Å². The molecule has 82 valence electrons. The summed E-state index contributed by atoms with van der Waals surface area (Å²) in [4.78, 5) is 11.5. The Morgan fingerprint density at radius 1 is 1.38 bits per heavy atom. The molecule has 2 rings (SSSR count). The summed E-state index contributed by atoms with van der Waals surface area (Å²) in [6, 6.07) is 6.00. The fourth-order valence-corrected chi connectivity index (χ4v) is 1.41. The summed E-state index contributed by atoms with van der Waals surface area (Å²) >= 11 is 0. The molecule has 0 aliphatic carbocycles. The molecule has 0 saturated carbocycles. The molecule has 1 aromatic heterocycles. The summed E-state index contributed by atoms with van der Waals surface area (Å²) in [6.07, 6.45) is 0. The maximum Gasteiger partial charge on any atom is 0.345 e. The SMILES string of the molecule is C/C(=N\O)c1cc2ccc(O)cc2oc1=O. The van der Waals surface area contributed by atoms with E-state index in [2.05, 4.69) is 5.16 Å². The van der Waals surface area contributed by atoms with Gasteiger partial charge in [-0.25, -0.2) is 4.79 Å². The highest BCUT2D eigenvalue weighted by Gasteiger charge is 2.08. The molecule has 0 amide bonds. The molecule has 0 saturated heterocycles. The van der Waals surface area contributed by atoms with Crippen LogP contribution in [0.3, 0.4) is 0 Å². The van der Waals surface area contributed by atoms with Crippen molar-refractivity contribution in [1.29, 1.82) is 0 Å². The maximum absolute atomic E-state index is 11.5. The lowest BCUT2D eigenvalue weighted by atomic mass is 10.1. The zero-order chi connectivity index (χ0) is 11.7. The highest BCUT2D eigenvalue weighted by molar-refractivity contribution is 6.00. The van der Waals surface area contributed by atoms with Gasteiger partial charge in [0, 0.05) is 11.5 Å². The average molecular weight is 219 g/mol. The Morgan fingerprint density at radius 3 is 2.81 bits per heavy atom. The zero-order valence-electron chi connectivity index (χ0n) is 8.47. The molecule has 1 heterocycles. The molecule has 16 heavy (non-hydrogen) atoms. The Labute approximate surface area is 90.2 Å². The number of phenolic OH excluding ortho intramolecular Hbond substituents is 1. The maximum atomic E-state index is 11.5. The molecular formula is C11H9NO4. The second-order valence-corrected chi connectivity index (χ2v) is 3.36. The van der Waals surface area contributed by atoms with E-state index in [0.29, 0.717) is 11.0 Å². The molecule has 0 aliphatic heterocycles. The van der Waals surface area contributed by atoms with Gasteiger partial charge >= 0.3 is 5.63 Å². The van der Waals surface area contributed by atoms with Crippen LogP contribution in [-0.4, -0.2) is 16.0 Å². The van der Waals surface area contributed by atoms with Crippen molar-refractivity contribution in [3.63, 3.8) is 0 Å². The lowest BCUT2D eigenvalue weighted by molar-refractivity contribution is 0.319. The summed E-state index contributed by atoms with van der Waals surface area (Å²) in [5.74, 6) is 0.0240. The summed E-state index contributed by atoms with van der Waals surface area (Å²) in [5.41, 5.74) is 0.0669. The second-order valence-electron chi connectivity index (χ2n) is 3.36. The van der Waals surface area contributed by atoms with E-state index >= 15 is 0 Å². The fourth-order valence-electron chi connectivity index (χ4n) is 1.41. The summed E-state index contributed by atoms with van der Waals surface area (Å²) in [7, 11) is 0. The number of aromatic hydroxyl groups is 1. The zero-order valence-corrected chi connectivity index (χ0v) is 8.47. The highest BCUT2D eigenvalue weighted by atomic mass is 16.4. The van der Waals surface area contributed by atoms with Crippen molar-refractivity contribution in [2.45, 2.75) is 6.92 Å². The van der Waals surface area contributed by atoms with Crippen molar-refractivity contribution < 1.29 is 14.7 Å². The molecule has 0 bridgehead atoms. The molecule has 2 aromatic rings. The molecule has 0 radical (unpaired) electrons. The van der Waals surface area contributed by atoms with Crippen LogP contribution in [0.5, 0.6) is 5.75 Å². The topological polar surface area (TPSA) is 83.0 Å². The Morgan fingerprint density at radius 2 is 2.12 bits per heavy atom. The van der Waals surface area contributed by atoms with E-state index in [9.17, 15) is 9.90 Å². The number of nitrogens with zero attached hydrogens (tertiary/aromatic N) is 1. The number of phenols is 1. The van der Waals surface area contributed by atoms with Gasteiger partial charge in [0.25, 0.3) is 0 Å². The first-order valence-corrected chi connectivity index (χ1v) is 4.57. The Bertz CT molecular complexity index is 627. The van der Waals surface area contributed by atoms with Gasteiger partial charge in [0.2, 0.25) is 0 Å². The number of rotatable bonds is 1. The van der Waals surface area contributed by atoms with E-state index in [1.54, 1.807) is 12.1 Å². The molecule has 0 aliphatic rings. The predicted molar refractivity (Wildman–Crippen MR) is 58.1 cm³/mol. The van der Waals surface area contributed by atoms with Gasteiger partial charge in [-0.3, -0.25) is 0 Å². The minimum Gasteiger partial charge on any atom is -0.508 e. The second kappa shape index (κ2) is 3.69. The fraction of sp³-hybridized carbons (Fsp3) is 0.0909. The number of hydrogen-bond donors (Lipinski definition) is 2. The van der Waals surface area contributed by atoms with Gasteiger partial charge in [-0.15, -0.1) is 0 Å². The van der Waals surface area contributed by atoms with E-state index in [1.807, 2.05) is 0 Å². The Balaban J connectivity index is 2.77. The highest BCUT2D eigenvalue weighted by Crippen LogP contribution is 2.19. The molecule has 0 atom stereocenters. The lowest BCUT2D eigenvalue weighted by Gasteiger charge is -2.00. The van der Waals surface area contributed by atoms with Crippen molar-refractivity contribution in [2.24, 2.45) is 5.16 Å². The molecule has 0 fully saturated rings. The van der Waals surface area contributed by atoms with Crippen molar-refractivity contribution in [3.8, 4) is 5.75 Å². The van der Waals surface area contributed by atoms with E-state index in [0.717, 1.165) is 0 Å². The van der Waals surface area contributed by atoms with Crippen LogP contribution in [0.4, 0.5) is 0 Å². The number of oxime groups is 1. The summed E-state index contributed by atoms with van der Waals surface area (Å²) in [5, 5.41) is 21.4. The third-order valence-electron chi connectivity index (χ3n) is 2.26. The van der Waals surface area contributed by atoms with Crippen LogP contribution in [0, 0.1) is 0 Å². The van der Waals surface area contributed by atoms with E-state index in [4.69, 9.17) is 9.62 Å². The lowest BCUT2D eigenvalue weighted by Crippen LogP contribution is -2.11. The van der Waals surface area contributed by atoms with Gasteiger partial charge in [0.05, 0.1) is 11.3 Å². The van der Waals surface area contributed by atoms with Crippen LogP contribution in [-0.2, 0) is 0 Å². The van der Waals surface area contributed by atoms with Gasteiger partial charge in [0.1, 0.15) is 11.3 Å². The molecular weight excluding hydrogens is 210 g/mol. The molecule has 5 nitrogen and oxygen atoms in total. The van der Waals surface area contributed by atoms with Crippen LogP contribution in [0.1, 0.15) is 12.5 Å². The minimum atomic E-state index is -0.603. The van der Waals surface area contributed by atoms with E-state index < -0.39 is 5.63 Å². The predicted octanol–water partition coefficient (Wildman–Crippen LogP) is 1.70. The van der Waals surface area contributed by atoms with Gasteiger partial charge in [-0.05, 0) is 25.1 Å². The van der Waals surface area contributed by atoms with Gasteiger partial charge in [-0.2, -0.15) is 0 Å². The van der Waals surface area contributed by atoms with Gasteiger partial charge in [-0.1, -0.05) is 5.16 Å². The number of hydrogen-bond acceptors (Lipinski definition) is 5. The largest absolute Gasteiger partial charge is 0.508 e. The van der Waals surface area contributed by atoms with Crippen molar-refractivity contribution in [1.82, 2.24) is 0 Å². The summed E-state index contributed by atoms with van der Waals surface area (Å²) < 4.78 is 4.99. The summed E-state index contributed by atoms with van der Waals surface area (Å²) in [6.45, 7) is 1.50. The van der Waals surface area contributed by atoms with Crippen molar-refractivity contribution in [2.75, 3.05) is 0 Å². The van der Waals surface area contributed by atoms with Crippen molar-refractivity contribution in [3.05, 3.63) is 40.2 Å². The van der Waals surface area contributed by atoms with Gasteiger partial charge in [0.15, 0.2) is 0 Å². The standard InChI is InChI=1S/C11H9NO4/c1-6(12-15)9-4-7-2-3-8(13)5-10(7)16-11(9)14/h2-5,13,15H,1H3/b12-6+. The molecule has 2 N–H and O–H groups in total. The quantitative estimate of drug-likeness (QED) is 0.331. The first-order valence-electron chi connectivity index (χ1n) is 4.57. The van der Waals surface area contributed by atoms with Crippen LogP contribution < -0.4 is 5.63 Å². The van der Waals surface area contributed by atoms with Crippen molar-refractivity contribution >= 4 is 16.7 Å². The van der Waals surface area contributed by atoms with Crippen LogP contribution in [0.15, 0.2) is 38.6 Å². The first-order chi connectivity index (χ1) is 7.61. The molecule has 5 heteroatoms. The van der Waals surface area contributed by atoms with Crippen LogP contribution in [0.25, 0.3) is 11.0 Å². The minimum absolute atomic E-state index is 0.0240.